The van der Waals surface area contributed by atoms with Crippen molar-refractivity contribution in [3.8, 4) is 0 Å². The summed E-state index contributed by atoms with van der Waals surface area (Å²) in [6.45, 7) is 5.97. The molecule has 0 aliphatic heterocycles. The van der Waals surface area contributed by atoms with Gasteiger partial charge in [-0.2, -0.15) is 0 Å². The van der Waals surface area contributed by atoms with Crippen LogP contribution in [0, 0.1) is 13.8 Å². The van der Waals surface area contributed by atoms with E-state index < -0.39 is 0 Å². The maximum atomic E-state index is 5.64. The Bertz CT molecular complexity index is 575. The number of nitrogens with zero attached hydrogens (tertiary/aromatic N) is 1. The molecule has 0 heterocycles. The van der Waals surface area contributed by atoms with Crippen LogP contribution in [0.15, 0.2) is 42.5 Å². The maximum absolute atomic E-state index is 5.64. The van der Waals surface area contributed by atoms with Crippen molar-refractivity contribution in [2.75, 3.05) is 18.5 Å². The van der Waals surface area contributed by atoms with Gasteiger partial charge in [-0.25, -0.2) is 0 Å². The molecule has 20 heavy (non-hydrogen) atoms. The van der Waals surface area contributed by atoms with Gasteiger partial charge in [0.25, 0.3) is 0 Å². The molecular weight excluding hydrogens is 244 g/mol. The lowest BCUT2D eigenvalue weighted by Gasteiger charge is -2.21. The Labute approximate surface area is 122 Å². The van der Waals surface area contributed by atoms with E-state index in [1.165, 1.54) is 27.9 Å². The van der Waals surface area contributed by atoms with Gasteiger partial charge >= 0.3 is 0 Å². The van der Waals surface area contributed by atoms with Gasteiger partial charge in [-0.3, -0.25) is 0 Å². The number of benzene rings is 2. The summed E-state index contributed by atoms with van der Waals surface area (Å²) in [5, 5.41) is 0. The van der Waals surface area contributed by atoms with E-state index in [1.807, 2.05) is 0 Å². The molecule has 2 rings (SSSR count). The summed E-state index contributed by atoms with van der Waals surface area (Å²) in [6, 6.07) is 15.2. The van der Waals surface area contributed by atoms with Crippen LogP contribution in [0.25, 0.3) is 0 Å². The fourth-order valence-electron chi connectivity index (χ4n) is 2.49. The Kier molecular flexibility index (Phi) is 4.80. The highest BCUT2D eigenvalue weighted by Crippen LogP contribution is 2.21. The number of rotatable bonds is 5. The van der Waals surface area contributed by atoms with Gasteiger partial charge in [-0.05, 0) is 61.2 Å². The lowest BCUT2D eigenvalue weighted by molar-refractivity contribution is 0.908. The third kappa shape index (κ3) is 3.40. The van der Waals surface area contributed by atoms with E-state index in [1.54, 1.807) is 0 Å². The first-order chi connectivity index (χ1) is 9.61. The molecule has 0 amide bonds. The smallest absolute Gasteiger partial charge is 0.0428 e. The molecule has 0 aliphatic carbocycles. The number of aryl methyl sites for hydroxylation is 2. The van der Waals surface area contributed by atoms with Gasteiger partial charge in [0, 0.05) is 19.3 Å². The molecule has 2 aromatic rings. The van der Waals surface area contributed by atoms with E-state index in [0.29, 0.717) is 6.54 Å². The molecule has 0 aromatic heterocycles. The molecule has 0 saturated heterocycles. The molecule has 0 saturated carbocycles. The van der Waals surface area contributed by atoms with Gasteiger partial charge in [-0.1, -0.05) is 30.3 Å². The molecule has 0 radical (unpaired) electrons. The highest BCUT2D eigenvalue weighted by molar-refractivity contribution is 5.51. The second-order valence-corrected chi connectivity index (χ2v) is 5.43. The van der Waals surface area contributed by atoms with Crippen molar-refractivity contribution in [2.24, 2.45) is 5.73 Å². The monoisotopic (exact) mass is 268 g/mol. The summed E-state index contributed by atoms with van der Waals surface area (Å²) in [5.74, 6) is 0. The van der Waals surface area contributed by atoms with E-state index in [-0.39, 0.29) is 0 Å². The van der Waals surface area contributed by atoms with Crippen LogP contribution in [0.3, 0.4) is 0 Å². The van der Waals surface area contributed by atoms with Crippen molar-refractivity contribution in [1.29, 1.82) is 0 Å². The van der Waals surface area contributed by atoms with Crippen molar-refractivity contribution in [3.63, 3.8) is 0 Å². The maximum Gasteiger partial charge on any atom is 0.0428 e. The molecule has 0 aliphatic rings. The van der Waals surface area contributed by atoms with Crippen molar-refractivity contribution < 1.29 is 0 Å². The summed E-state index contributed by atoms with van der Waals surface area (Å²) >= 11 is 0. The van der Waals surface area contributed by atoms with Gasteiger partial charge in [0.05, 0.1) is 0 Å². The Morgan fingerprint density at radius 1 is 0.950 bits per heavy atom. The second kappa shape index (κ2) is 6.58. The number of nitrogens with two attached hydrogens (primary N) is 1. The fraction of sp³-hybridized carbons (Fsp3) is 0.333. The van der Waals surface area contributed by atoms with Crippen LogP contribution >= 0.6 is 0 Å². The first kappa shape index (κ1) is 14.6. The number of anilines is 1. The Hall–Kier alpha value is -1.80. The summed E-state index contributed by atoms with van der Waals surface area (Å²) in [4.78, 5) is 2.29. The fourth-order valence-corrected chi connectivity index (χ4v) is 2.49. The first-order valence-electron chi connectivity index (χ1n) is 7.17. The van der Waals surface area contributed by atoms with Crippen LogP contribution in [-0.4, -0.2) is 13.6 Å². The zero-order chi connectivity index (χ0) is 14.5. The molecule has 106 valence electrons. The normalized spacial score (nSPS) is 10.6. The molecule has 0 unspecified atom stereocenters. The third-order valence-corrected chi connectivity index (χ3v) is 3.85. The first-order valence-corrected chi connectivity index (χ1v) is 7.17. The average molecular weight is 268 g/mol. The number of hydrogen-bond donors (Lipinski definition) is 1. The van der Waals surface area contributed by atoms with Gasteiger partial charge < -0.3 is 10.6 Å². The minimum atomic E-state index is 0.708. The zero-order valence-corrected chi connectivity index (χ0v) is 12.7. The summed E-state index contributed by atoms with van der Waals surface area (Å²) in [6.07, 6.45) is 0.952. The van der Waals surface area contributed by atoms with Gasteiger partial charge in [-0.15, -0.1) is 0 Å². The number of hydrogen-bond acceptors (Lipinski definition) is 2. The molecule has 2 heteroatoms. The van der Waals surface area contributed by atoms with Crippen LogP contribution < -0.4 is 10.6 Å². The van der Waals surface area contributed by atoms with Crippen molar-refractivity contribution >= 4 is 5.69 Å². The van der Waals surface area contributed by atoms with Crippen LogP contribution in [0.1, 0.15) is 22.3 Å². The lowest BCUT2D eigenvalue weighted by Crippen LogP contribution is -2.17. The second-order valence-electron chi connectivity index (χ2n) is 5.43. The van der Waals surface area contributed by atoms with Crippen LogP contribution in [-0.2, 0) is 13.0 Å². The van der Waals surface area contributed by atoms with Gasteiger partial charge in [0.15, 0.2) is 0 Å². The molecule has 0 spiro atoms. The average Bonchev–Trinajstić information content (AvgIpc) is 2.43. The topological polar surface area (TPSA) is 29.3 Å². The predicted molar refractivity (Wildman–Crippen MR) is 87.2 cm³/mol. The summed E-state index contributed by atoms with van der Waals surface area (Å²) in [5.41, 5.74) is 12.3. The van der Waals surface area contributed by atoms with E-state index in [0.717, 1.165) is 13.0 Å². The van der Waals surface area contributed by atoms with Crippen molar-refractivity contribution in [2.45, 2.75) is 26.8 Å². The summed E-state index contributed by atoms with van der Waals surface area (Å²) < 4.78 is 0. The lowest BCUT2D eigenvalue weighted by atomic mass is 10.0. The summed E-state index contributed by atoms with van der Waals surface area (Å²) in [7, 11) is 2.14. The highest BCUT2D eigenvalue weighted by Gasteiger charge is 2.06. The Morgan fingerprint density at radius 3 is 2.35 bits per heavy atom. The van der Waals surface area contributed by atoms with E-state index in [2.05, 4.69) is 68.3 Å². The zero-order valence-electron chi connectivity index (χ0n) is 12.7. The molecule has 0 atom stereocenters. The van der Waals surface area contributed by atoms with Crippen molar-refractivity contribution in [1.82, 2.24) is 0 Å². The molecule has 2 nitrogen and oxygen atoms in total. The minimum absolute atomic E-state index is 0.708. The van der Waals surface area contributed by atoms with Crippen molar-refractivity contribution in [3.05, 3.63) is 64.7 Å². The van der Waals surface area contributed by atoms with Gasteiger partial charge in [0.1, 0.15) is 0 Å². The molecule has 2 N–H and O–H groups in total. The quantitative estimate of drug-likeness (QED) is 0.900. The highest BCUT2D eigenvalue weighted by atomic mass is 15.1. The SMILES string of the molecule is Cc1cc(N(C)Cc2ccccc2C)ccc1CCN. The van der Waals surface area contributed by atoms with Crippen LogP contribution in [0.4, 0.5) is 5.69 Å². The van der Waals surface area contributed by atoms with Crippen LogP contribution in [0.2, 0.25) is 0 Å². The molecule has 0 fully saturated rings. The largest absolute Gasteiger partial charge is 0.370 e. The molecule has 0 bridgehead atoms. The Morgan fingerprint density at radius 2 is 1.70 bits per heavy atom. The predicted octanol–water partition coefficient (Wildman–Crippen LogP) is 3.44. The third-order valence-electron chi connectivity index (χ3n) is 3.85. The Balaban J connectivity index is 2.15. The molecular formula is C18H24N2. The van der Waals surface area contributed by atoms with Crippen LogP contribution in [0.5, 0.6) is 0 Å². The van der Waals surface area contributed by atoms with E-state index in [9.17, 15) is 0 Å². The minimum Gasteiger partial charge on any atom is -0.370 e. The van der Waals surface area contributed by atoms with E-state index in [4.69, 9.17) is 5.73 Å². The van der Waals surface area contributed by atoms with E-state index >= 15 is 0 Å². The van der Waals surface area contributed by atoms with Gasteiger partial charge in [0.2, 0.25) is 0 Å². The molecule has 2 aromatic carbocycles. The standard InChI is InChI=1S/C18H24N2/c1-14-6-4-5-7-17(14)13-20(3)18-9-8-16(10-11-19)15(2)12-18/h4-9,12H,10-11,13,19H2,1-3H3.